The highest BCUT2D eigenvalue weighted by molar-refractivity contribution is 7.89. The maximum Gasteiger partial charge on any atom is 0.246 e. The van der Waals surface area contributed by atoms with Crippen molar-refractivity contribution < 1.29 is 8.42 Å². The second kappa shape index (κ2) is 6.38. The summed E-state index contributed by atoms with van der Waals surface area (Å²) in [6.45, 7) is 5.98. The van der Waals surface area contributed by atoms with Crippen LogP contribution in [0.2, 0.25) is 5.02 Å². The molecule has 0 amide bonds. The Morgan fingerprint density at radius 1 is 1.12 bits per heavy atom. The van der Waals surface area contributed by atoms with Crippen molar-refractivity contribution in [1.29, 1.82) is 0 Å². The van der Waals surface area contributed by atoms with Gasteiger partial charge in [-0.25, -0.2) is 8.42 Å². The second-order valence-electron chi connectivity index (χ2n) is 6.04. The summed E-state index contributed by atoms with van der Waals surface area (Å²) >= 11 is 6.09. The molecule has 3 rings (SSSR count). The summed E-state index contributed by atoms with van der Waals surface area (Å²) in [4.78, 5) is 2.47. The quantitative estimate of drug-likeness (QED) is 0.833. The molecule has 1 saturated heterocycles. The van der Waals surface area contributed by atoms with Gasteiger partial charge in [-0.1, -0.05) is 17.7 Å². The maximum absolute atomic E-state index is 12.8. The van der Waals surface area contributed by atoms with Crippen LogP contribution < -0.4 is 4.90 Å². The first kappa shape index (κ1) is 17.3. The van der Waals surface area contributed by atoms with Crippen molar-refractivity contribution in [2.45, 2.75) is 18.7 Å². The molecule has 6 nitrogen and oxygen atoms in total. The van der Waals surface area contributed by atoms with E-state index in [1.54, 1.807) is 18.7 Å². The lowest BCUT2D eigenvalue weighted by Crippen LogP contribution is -2.48. The van der Waals surface area contributed by atoms with Crippen molar-refractivity contribution in [2.75, 3.05) is 31.1 Å². The van der Waals surface area contributed by atoms with Crippen LogP contribution >= 0.6 is 11.6 Å². The maximum atomic E-state index is 12.8. The normalized spacial score (nSPS) is 16.6. The third-order valence-corrected chi connectivity index (χ3v) is 6.80. The standard InChI is InChI=1S/C16H21ClN4O2S/c1-12-4-5-14(17)10-15(12)20-6-8-21(9-7-20)24(22,23)16-11-18-19(3)13(16)2/h4-5,10-11H,6-9H2,1-3H3. The van der Waals surface area contributed by atoms with Gasteiger partial charge in [0.15, 0.2) is 0 Å². The largest absolute Gasteiger partial charge is 0.369 e. The predicted octanol–water partition coefficient (Wildman–Crippen LogP) is 2.20. The van der Waals surface area contributed by atoms with E-state index in [1.165, 1.54) is 10.5 Å². The van der Waals surface area contributed by atoms with Crippen molar-refractivity contribution in [1.82, 2.24) is 14.1 Å². The van der Waals surface area contributed by atoms with Crippen molar-refractivity contribution in [3.8, 4) is 0 Å². The van der Waals surface area contributed by atoms with Crippen LogP contribution in [0.4, 0.5) is 5.69 Å². The van der Waals surface area contributed by atoms with Crippen LogP contribution in [0.25, 0.3) is 0 Å². The predicted molar refractivity (Wildman–Crippen MR) is 95.1 cm³/mol. The number of hydrogen-bond donors (Lipinski definition) is 0. The molecule has 2 aromatic rings. The molecular weight excluding hydrogens is 348 g/mol. The molecular formula is C16H21ClN4O2S. The van der Waals surface area contributed by atoms with E-state index in [0.717, 1.165) is 11.3 Å². The average Bonchev–Trinajstić information content (AvgIpc) is 2.90. The van der Waals surface area contributed by atoms with Gasteiger partial charge in [0.2, 0.25) is 10.0 Å². The van der Waals surface area contributed by atoms with Crippen LogP contribution in [0.15, 0.2) is 29.3 Å². The van der Waals surface area contributed by atoms with Crippen LogP contribution in [0.5, 0.6) is 0 Å². The zero-order chi connectivity index (χ0) is 17.5. The third kappa shape index (κ3) is 3.03. The second-order valence-corrected chi connectivity index (χ2v) is 8.38. The molecule has 0 N–H and O–H groups in total. The lowest BCUT2D eigenvalue weighted by atomic mass is 10.1. The smallest absolute Gasteiger partial charge is 0.246 e. The van der Waals surface area contributed by atoms with Crippen LogP contribution in [0.1, 0.15) is 11.3 Å². The van der Waals surface area contributed by atoms with E-state index in [0.29, 0.717) is 36.9 Å². The number of aromatic nitrogens is 2. The van der Waals surface area contributed by atoms with E-state index in [1.807, 2.05) is 25.1 Å². The van der Waals surface area contributed by atoms with Gasteiger partial charge in [0.1, 0.15) is 4.90 Å². The first-order valence-corrected chi connectivity index (χ1v) is 9.62. The molecule has 130 valence electrons. The molecule has 1 fully saturated rings. The molecule has 0 spiro atoms. The SMILES string of the molecule is Cc1ccc(Cl)cc1N1CCN(S(=O)(=O)c2cnn(C)c2C)CC1. The van der Waals surface area contributed by atoms with Crippen molar-refractivity contribution in [3.63, 3.8) is 0 Å². The Morgan fingerprint density at radius 3 is 2.38 bits per heavy atom. The molecule has 1 aliphatic rings. The molecule has 1 aromatic heterocycles. The van der Waals surface area contributed by atoms with E-state index >= 15 is 0 Å². The Bertz CT molecular complexity index is 855. The monoisotopic (exact) mass is 368 g/mol. The Hall–Kier alpha value is -1.57. The van der Waals surface area contributed by atoms with Gasteiger partial charge in [0.25, 0.3) is 0 Å². The Labute approximate surface area is 147 Å². The lowest BCUT2D eigenvalue weighted by Gasteiger charge is -2.36. The van der Waals surface area contributed by atoms with E-state index in [9.17, 15) is 8.42 Å². The fourth-order valence-corrected chi connectivity index (χ4v) is 4.74. The van der Waals surface area contributed by atoms with E-state index in [4.69, 9.17) is 11.6 Å². The van der Waals surface area contributed by atoms with Crippen LogP contribution in [0, 0.1) is 13.8 Å². The molecule has 8 heteroatoms. The molecule has 0 atom stereocenters. The number of anilines is 1. The highest BCUT2D eigenvalue weighted by atomic mass is 35.5. The molecule has 24 heavy (non-hydrogen) atoms. The molecule has 0 unspecified atom stereocenters. The molecule has 0 saturated carbocycles. The number of piperazine rings is 1. The number of aryl methyl sites for hydroxylation is 2. The summed E-state index contributed by atoms with van der Waals surface area (Å²) < 4.78 is 28.8. The Morgan fingerprint density at radius 2 is 1.79 bits per heavy atom. The van der Waals surface area contributed by atoms with Crippen LogP contribution in [0.3, 0.4) is 0 Å². The number of benzene rings is 1. The van der Waals surface area contributed by atoms with Crippen molar-refractivity contribution in [2.24, 2.45) is 7.05 Å². The minimum absolute atomic E-state index is 0.289. The van der Waals surface area contributed by atoms with Gasteiger partial charge < -0.3 is 4.90 Å². The number of hydrogen-bond acceptors (Lipinski definition) is 4. The highest BCUT2D eigenvalue weighted by Gasteiger charge is 2.31. The molecule has 0 radical (unpaired) electrons. The van der Waals surface area contributed by atoms with Gasteiger partial charge in [0.05, 0.1) is 11.9 Å². The average molecular weight is 369 g/mol. The first-order valence-electron chi connectivity index (χ1n) is 7.80. The number of nitrogens with zero attached hydrogens (tertiary/aromatic N) is 4. The zero-order valence-corrected chi connectivity index (χ0v) is 15.6. The topological polar surface area (TPSA) is 58.4 Å². The van der Waals surface area contributed by atoms with Gasteiger partial charge in [-0.15, -0.1) is 0 Å². The van der Waals surface area contributed by atoms with E-state index in [2.05, 4.69) is 10.00 Å². The fraction of sp³-hybridized carbons (Fsp3) is 0.438. The van der Waals surface area contributed by atoms with Gasteiger partial charge in [-0.05, 0) is 31.5 Å². The minimum Gasteiger partial charge on any atom is -0.369 e. The first-order chi connectivity index (χ1) is 11.3. The Balaban J connectivity index is 1.77. The lowest BCUT2D eigenvalue weighted by molar-refractivity contribution is 0.384. The third-order valence-electron chi connectivity index (χ3n) is 4.56. The fourth-order valence-electron chi connectivity index (χ4n) is 2.96. The molecule has 2 heterocycles. The number of sulfonamides is 1. The van der Waals surface area contributed by atoms with Gasteiger partial charge in [-0.3, -0.25) is 4.68 Å². The van der Waals surface area contributed by atoms with Crippen molar-refractivity contribution in [3.05, 3.63) is 40.7 Å². The van der Waals surface area contributed by atoms with E-state index < -0.39 is 10.0 Å². The number of rotatable bonds is 3. The Kier molecular flexibility index (Phi) is 4.59. The van der Waals surface area contributed by atoms with E-state index in [-0.39, 0.29) is 4.90 Å². The summed E-state index contributed by atoms with van der Waals surface area (Å²) in [7, 11) is -1.75. The molecule has 1 aromatic carbocycles. The summed E-state index contributed by atoms with van der Waals surface area (Å²) in [5.41, 5.74) is 2.86. The highest BCUT2D eigenvalue weighted by Crippen LogP contribution is 2.27. The van der Waals surface area contributed by atoms with Crippen LogP contribution in [-0.2, 0) is 17.1 Å². The molecule has 1 aliphatic heterocycles. The summed E-state index contributed by atoms with van der Waals surface area (Å²) in [5.74, 6) is 0. The minimum atomic E-state index is -3.50. The summed E-state index contributed by atoms with van der Waals surface area (Å²) in [6, 6.07) is 5.79. The van der Waals surface area contributed by atoms with Gasteiger partial charge in [0, 0.05) is 43.9 Å². The molecule has 0 aliphatic carbocycles. The zero-order valence-electron chi connectivity index (χ0n) is 14.0. The number of halogens is 1. The van der Waals surface area contributed by atoms with Gasteiger partial charge >= 0.3 is 0 Å². The summed E-state index contributed by atoms with van der Waals surface area (Å²) in [6.07, 6.45) is 1.43. The van der Waals surface area contributed by atoms with Gasteiger partial charge in [-0.2, -0.15) is 9.40 Å². The van der Waals surface area contributed by atoms with Crippen molar-refractivity contribution >= 4 is 27.3 Å². The summed E-state index contributed by atoms with van der Waals surface area (Å²) in [5, 5.41) is 4.74. The molecule has 0 bridgehead atoms. The van der Waals surface area contributed by atoms with Crippen LogP contribution in [-0.4, -0.2) is 48.7 Å².